The maximum atomic E-state index is 10.3. The lowest BCUT2D eigenvalue weighted by molar-refractivity contribution is -0.308. The lowest BCUT2D eigenvalue weighted by Crippen LogP contribution is -2.29. The van der Waals surface area contributed by atoms with E-state index in [1.54, 1.807) is 0 Å². The van der Waals surface area contributed by atoms with Crippen molar-refractivity contribution in [3.8, 4) is 0 Å². The van der Waals surface area contributed by atoms with Crippen molar-refractivity contribution < 1.29 is 39.6 Å². The summed E-state index contributed by atoms with van der Waals surface area (Å²) in [5.74, 6) is -5.32. The molecule has 0 N–H and O–H groups in total. The van der Waals surface area contributed by atoms with Gasteiger partial charge in [0.15, 0.2) is 0 Å². The third-order valence-electron chi connectivity index (χ3n) is 2.38. The van der Waals surface area contributed by atoms with E-state index in [1.165, 1.54) is 12.1 Å². The lowest BCUT2D eigenvalue weighted by Gasteiger charge is -2.09. The molecular formula is C14H12O8-4. The molecule has 0 saturated heterocycles. The van der Waals surface area contributed by atoms with E-state index in [1.807, 2.05) is 0 Å². The first-order valence-electron chi connectivity index (χ1n) is 6.17. The Kier molecular flexibility index (Phi) is 8.61. The van der Waals surface area contributed by atoms with Crippen molar-refractivity contribution in [2.24, 2.45) is 0 Å². The Morgan fingerprint density at radius 3 is 1.23 bits per heavy atom. The van der Waals surface area contributed by atoms with Gasteiger partial charge < -0.3 is 39.6 Å². The van der Waals surface area contributed by atoms with Crippen molar-refractivity contribution in [3.05, 3.63) is 35.4 Å². The Bertz CT molecular complexity index is 501. The Hall–Kier alpha value is -2.90. The van der Waals surface area contributed by atoms with Gasteiger partial charge in [0, 0.05) is 23.1 Å². The molecule has 8 heteroatoms. The fourth-order valence-electron chi connectivity index (χ4n) is 1.38. The van der Waals surface area contributed by atoms with Crippen LogP contribution in [-0.2, 0) is 9.59 Å². The van der Waals surface area contributed by atoms with Crippen LogP contribution < -0.4 is 20.4 Å². The van der Waals surface area contributed by atoms with E-state index in [9.17, 15) is 39.6 Å². The van der Waals surface area contributed by atoms with E-state index in [2.05, 4.69) is 0 Å². The second-order valence-corrected chi connectivity index (χ2v) is 4.07. The highest BCUT2D eigenvalue weighted by Crippen LogP contribution is 2.05. The van der Waals surface area contributed by atoms with Gasteiger partial charge in [0.25, 0.3) is 0 Å². The molecule has 0 aliphatic carbocycles. The molecule has 1 aromatic carbocycles. The van der Waals surface area contributed by atoms with Gasteiger partial charge in [-0.3, -0.25) is 0 Å². The zero-order valence-corrected chi connectivity index (χ0v) is 11.4. The van der Waals surface area contributed by atoms with Crippen molar-refractivity contribution in [2.45, 2.75) is 25.7 Å². The number of carboxylic acid groups (broad SMARTS) is 4. The SMILES string of the molecule is O=C([O-])CCCCC(=O)[O-].O=C([O-])c1ccccc1C(=O)[O-]. The second kappa shape index (κ2) is 9.92. The number of hydrogen-bond acceptors (Lipinski definition) is 8. The Balaban J connectivity index is 0.000000409. The fraction of sp³-hybridized carbons (Fsp3) is 0.286. The monoisotopic (exact) mass is 308 g/mol. The van der Waals surface area contributed by atoms with Gasteiger partial charge in [0.05, 0.1) is 11.9 Å². The summed E-state index contributed by atoms with van der Waals surface area (Å²) >= 11 is 0. The van der Waals surface area contributed by atoms with Crippen LogP contribution in [0.25, 0.3) is 0 Å². The van der Waals surface area contributed by atoms with Gasteiger partial charge in [-0.15, -0.1) is 0 Å². The highest BCUT2D eigenvalue weighted by Gasteiger charge is 2.01. The van der Waals surface area contributed by atoms with Gasteiger partial charge in [-0.25, -0.2) is 0 Å². The van der Waals surface area contributed by atoms with Crippen molar-refractivity contribution >= 4 is 23.9 Å². The van der Waals surface area contributed by atoms with E-state index in [0.717, 1.165) is 12.1 Å². The molecule has 0 fully saturated rings. The minimum atomic E-state index is -1.52. The zero-order valence-electron chi connectivity index (χ0n) is 11.4. The van der Waals surface area contributed by atoms with Gasteiger partial charge in [0.2, 0.25) is 0 Å². The third kappa shape index (κ3) is 8.31. The molecule has 0 aliphatic rings. The van der Waals surface area contributed by atoms with E-state index in [4.69, 9.17) is 0 Å². The number of aliphatic carboxylic acids is 2. The molecule has 0 saturated carbocycles. The summed E-state index contributed by atoms with van der Waals surface area (Å²) in [7, 11) is 0. The molecular weight excluding hydrogens is 296 g/mol. The predicted molar refractivity (Wildman–Crippen MR) is 63.6 cm³/mol. The Morgan fingerprint density at radius 1 is 0.682 bits per heavy atom. The second-order valence-electron chi connectivity index (χ2n) is 4.07. The summed E-state index contributed by atoms with van der Waals surface area (Å²) in [5.41, 5.74) is -0.727. The van der Waals surface area contributed by atoms with Crippen LogP contribution in [0.5, 0.6) is 0 Å². The van der Waals surface area contributed by atoms with Crippen LogP contribution in [0.2, 0.25) is 0 Å². The van der Waals surface area contributed by atoms with Crippen LogP contribution in [0, 0.1) is 0 Å². The van der Waals surface area contributed by atoms with Crippen LogP contribution >= 0.6 is 0 Å². The summed E-state index contributed by atoms with van der Waals surface area (Å²) in [6.45, 7) is 0. The highest BCUT2D eigenvalue weighted by atomic mass is 16.4. The van der Waals surface area contributed by atoms with Gasteiger partial charge in [-0.05, 0) is 25.7 Å². The Morgan fingerprint density at radius 2 is 1.00 bits per heavy atom. The first-order valence-corrected chi connectivity index (χ1v) is 6.17. The maximum absolute atomic E-state index is 10.3. The number of unbranched alkanes of at least 4 members (excludes halogenated alkanes) is 1. The molecule has 0 aromatic heterocycles. The number of aromatic carboxylic acids is 2. The number of benzene rings is 1. The average molecular weight is 308 g/mol. The van der Waals surface area contributed by atoms with Gasteiger partial charge >= 0.3 is 0 Å². The van der Waals surface area contributed by atoms with Crippen LogP contribution in [0.3, 0.4) is 0 Å². The number of carbonyl (C=O) groups is 4. The predicted octanol–water partition coefficient (Wildman–Crippen LogP) is -3.54. The molecule has 0 radical (unpaired) electrons. The van der Waals surface area contributed by atoms with E-state index in [-0.39, 0.29) is 24.0 Å². The smallest absolute Gasteiger partial charge is 0.0721 e. The van der Waals surface area contributed by atoms with Gasteiger partial charge in [-0.1, -0.05) is 24.3 Å². The van der Waals surface area contributed by atoms with Crippen LogP contribution in [-0.4, -0.2) is 23.9 Å². The molecule has 0 aliphatic heterocycles. The summed E-state index contributed by atoms with van der Waals surface area (Å²) in [4.78, 5) is 40.2. The number of carboxylic acids is 4. The van der Waals surface area contributed by atoms with Gasteiger partial charge in [0.1, 0.15) is 0 Å². The maximum Gasteiger partial charge on any atom is 0.0721 e. The standard InChI is InChI=1S/C8H6O4.C6H10O4/c9-7(10)5-3-1-2-4-6(5)8(11)12;7-5(8)3-1-2-4-6(9)10/h1-4H,(H,9,10)(H,11,12);1-4H2,(H,7,8)(H,9,10)/p-4. The first kappa shape index (κ1) is 19.1. The topological polar surface area (TPSA) is 161 Å². The third-order valence-corrected chi connectivity index (χ3v) is 2.38. The summed E-state index contributed by atoms with van der Waals surface area (Å²) in [6, 6.07) is 5.14. The number of carbonyl (C=O) groups excluding carboxylic acids is 4. The molecule has 0 unspecified atom stereocenters. The quantitative estimate of drug-likeness (QED) is 0.468. The van der Waals surface area contributed by atoms with E-state index >= 15 is 0 Å². The minimum absolute atomic E-state index is 0.0761. The highest BCUT2D eigenvalue weighted by molar-refractivity contribution is 5.99. The molecule has 0 bridgehead atoms. The molecule has 22 heavy (non-hydrogen) atoms. The van der Waals surface area contributed by atoms with E-state index in [0.29, 0.717) is 12.8 Å². The largest absolute Gasteiger partial charge is 0.550 e. The van der Waals surface area contributed by atoms with E-state index < -0.39 is 23.9 Å². The normalized spacial score (nSPS) is 9.27. The Labute approximate surface area is 125 Å². The summed E-state index contributed by atoms with van der Waals surface area (Å²) in [6.07, 6.45) is 0.535. The van der Waals surface area contributed by atoms with Crippen LogP contribution in [0.15, 0.2) is 24.3 Å². The molecule has 0 heterocycles. The zero-order chi connectivity index (χ0) is 17.1. The summed E-state index contributed by atoms with van der Waals surface area (Å²) in [5, 5.41) is 40.2. The number of rotatable bonds is 7. The van der Waals surface area contributed by atoms with Crippen molar-refractivity contribution in [1.29, 1.82) is 0 Å². The molecule has 120 valence electrons. The fourth-order valence-corrected chi connectivity index (χ4v) is 1.38. The van der Waals surface area contributed by atoms with Gasteiger partial charge in [-0.2, -0.15) is 0 Å². The first-order chi connectivity index (χ1) is 10.3. The minimum Gasteiger partial charge on any atom is -0.550 e. The molecule has 0 spiro atoms. The molecule has 8 nitrogen and oxygen atoms in total. The number of hydrogen-bond donors (Lipinski definition) is 0. The summed E-state index contributed by atoms with van der Waals surface area (Å²) < 4.78 is 0. The van der Waals surface area contributed by atoms with Crippen molar-refractivity contribution in [2.75, 3.05) is 0 Å². The van der Waals surface area contributed by atoms with Crippen LogP contribution in [0.1, 0.15) is 46.4 Å². The molecule has 0 atom stereocenters. The average Bonchev–Trinajstić information content (AvgIpc) is 2.44. The van der Waals surface area contributed by atoms with Crippen LogP contribution in [0.4, 0.5) is 0 Å². The molecule has 1 aromatic rings. The van der Waals surface area contributed by atoms with Crippen molar-refractivity contribution in [3.63, 3.8) is 0 Å². The van der Waals surface area contributed by atoms with Crippen molar-refractivity contribution in [1.82, 2.24) is 0 Å². The molecule has 0 amide bonds. The lowest BCUT2D eigenvalue weighted by atomic mass is 10.1. The molecule has 1 rings (SSSR count).